The first-order chi connectivity index (χ1) is 16.3. The Labute approximate surface area is 199 Å². The summed E-state index contributed by atoms with van der Waals surface area (Å²) >= 11 is 0. The van der Waals surface area contributed by atoms with Crippen molar-refractivity contribution in [3.8, 4) is 11.3 Å². The Bertz CT molecular complexity index is 1120. The van der Waals surface area contributed by atoms with Crippen LogP contribution in [0.1, 0.15) is 45.0 Å². The highest BCUT2D eigenvalue weighted by molar-refractivity contribution is 5.87. The van der Waals surface area contributed by atoms with E-state index in [0.29, 0.717) is 6.54 Å². The van der Waals surface area contributed by atoms with Crippen molar-refractivity contribution < 1.29 is 31.9 Å². The van der Waals surface area contributed by atoms with E-state index in [9.17, 15) is 27.2 Å². The molecule has 2 fully saturated rings. The van der Waals surface area contributed by atoms with Gasteiger partial charge in [0.15, 0.2) is 0 Å². The molecule has 3 heterocycles. The zero-order valence-electron chi connectivity index (χ0n) is 19.4. The topological polar surface area (TPSA) is 97.3 Å². The smallest absolute Gasteiger partial charge is 0.444 e. The summed E-state index contributed by atoms with van der Waals surface area (Å²) in [6.07, 6.45) is -0.698. The number of hydrogen-bond acceptors (Lipinski definition) is 6. The minimum atomic E-state index is -4.68. The number of pyridine rings is 1. The van der Waals surface area contributed by atoms with E-state index in [-0.39, 0.29) is 35.2 Å². The van der Waals surface area contributed by atoms with E-state index in [1.54, 1.807) is 20.8 Å². The van der Waals surface area contributed by atoms with Gasteiger partial charge in [0.25, 0.3) is 0 Å². The molecule has 2 aromatic heterocycles. The molecule has 1 N–H and O–H groups in total. The highest BCUT2D eigenvalue weighted by Gasteiger charge is 2.52. The van der Waals surface area contributed by atoms with Gasteiger partial charge < -0.3 is 10.1 Å². The van der Waals surface area contributed by atoms with Crippen LogP contribution in [0.2, 0.25) is 0 Å². The van der Waals surface area contributed by atoms with Gasteiger partial charge in [-0.2, -0.15) is 13.2 Å². The number of fused-ring (bicyclic) bond motifs is 1. The predicted octanol–water partition coefficient (Wildman–Crippen LogP) is 3.96. The molecule has 8 nitrogen and oxygen atoms in total. The van der Waals surface area contributed by atoms with E-state index >= 15 is 0 Å². The summed E-state index contributed by atoms with van der Waals surface area (Å²) in [5.41, 5.74) is -0.317. The molecular weight excluding hydrogens is 470 g/mol. The van der Waals surface area contributed by atoms with Crippen molar-refractivity contribution in [1.82, 2.24) is 25.2 Å². The van der Waals surface area contributed by atoms with Crippen molar-refractivity contribution in [3.63, 3.8) is 0 Å². The normalized spacial score (nSPS) is 21.8. The molecule has 0 spiro atoms. The monoisotopic (exact) mass is 495 g/mol. The largest absolute Gasteiger partial charge is 0.451 e. The van der Waals surface area contributed by atoms with E-state index in [4.69, 9.17) is 4.74 Å². The average molecular weight is 495 g/mol. The number of ether oxygens (including phenoxy) is 1. The second-order valence-electron chi connectivity index (χ2n) is 9.75. The fraction of sp³-hybridized carbons (Fsp3) is 0.522. The van der Waals surface area contributed by atoms with E-state index in [0.717, 1.165) is 31.4 Å². The van der Waals surface area contributed by atoms with Crippen LogP contribution in [0.3, 0.4) is 0 Å². The molecule has 188 valence electrons. The molecule has 3 atom stereocenters. The molecule has 12 heteroatoms. The SMILES string of the molecule is CC(C)(C)OC(=O)N1CC2CC[C@@H]2[C@H]1C(=O)NCc1cc(-c2cnc(C(F)(F)F)nc2)ncc1F. The first-order valence-corrected chi connectivity index (χ1v) is 11.1. The van der Waals surface area contributed by atoms with E-state index in [1.807, 2.05) is 0 Å². The summed E-state index contributed by atoms with van der Waals surface area (Å²) < 4.78 is 57.9. The summed E-state index contributed by atoms with van der Waals surface area (Å²) in [6, 6.07) is 0.602. The molecule has 0 radical (unpaired) electrons. The molecule has 0 bridgehead atoms. The van der Waals surface area contributed by atoms with E-state index in [2.05, 4.69) is 20.3 Å². The van der Waals surface area contributed by atoms with Crippen molar-refractivity contribution in [2.24, 2.45) is 11.8 Å². The Morgan fingerprint density at radius 3 is 2.37 bits per heavy atom. The van der Waals surface area contributed by atoms with Gasteiger partial charge in [-0.3, -0.25) is 14.7 Å². The molecule has 1 aliphatic carbocycles. The maximum atomic E-state index is 14.4. The van der Waals surface area contributed by atoms with Gasteiger partial charge in [0.05, 0.1) is 11.9 Å². The number of alkyl halides is 3. The summed E-state index contributed by atoms with van der Waals surface area (Å²) in [7, 11) is 0. The number of likely N-dealkylation sites (tertiary alicyclic amines) is 1. The summed E-state index contributed by atoms with van der Waals surface area (Å²) in [4.78, 5) is 37.6. The van der Waals surface area contributed by atoms with Gasteiger partial charge in [-0.25, -0.2) is 19.2 Å². The molecule has 0 aromatic carbocycles. The molecule has 35 heavy (non-hydrogen) atoms. The lowest BCUT2D eigenvalue weighted by Gasteiger charge is -2.33. The van der Waals surface area contributed by atoms with Crippen molar-refractivity contribution in [1.29, 1.82) is 0 Å². The maximum Gasteiger partial charge on any atom is 0.451 e. The average Bonchev–Trinajstić information content (AvgIpc) is 3.01. The molecule has 2 amide bonds. The Morgan fingerprint density at radius 1 is 1.11 bits per heavy atom. The van der Waals surface area contributed by atoms with Gasteiger partial charge in [-0.1, -0.05) is 0 Å². The van der Waals surface area contributed by atoms with Crippen LogP contribution < -0.4 is 5.32 Å². The molecule has 1 saturated carbocycles. The highest BCUT2D eigenvalue weighted by atomic mass is 19.4. The number of carbonyl (C=O) groups excluding carboxylic acids is 2. The maximum absolute atomic E-state index is 14.4. The third-order valence-corrected chi connectivity index (χ3v) is 6.13. The summed E-state index contributed by atoms with van der Waals surface area (Å²) in [5, 5.41) is 2.69. The second kappa shape index (κ2) is 9.04. The number of rotatable bonds is 4. The zero-order valence-corrected chi connectivity index (χ0v) is 19.4. The minimum Gasteiger partial charge on any atom is -0.444 e. The van der Waals surface area contributed by atoms with Gasteiger partial charge in [-0.05, 0) is 51.5 Å². The number of aromatic nitrogens is 3. The van der Waals surface area contributed by atoms with Crippen LogP contribution in [0, 0.1) is 17.7 Å². The van der Waals surface area contributed by atoms with Crippen LogP contribution in [-0.4, -0.2) is 50.0 Å². The molecule has 1 aliphatic heterocycles. The molecule has 1 saturated heterocycles. The van der Waals surface area contributed by atoms with Gasteiger partial charge in [0.1, 0.15) is 17.5 Å². The number of halogens is 4. The number of carbonyl (C=O) groups is 2. The summed E-state index contributed by atoms with van der Waals surface area (Å²) in [6.45, 7) is 5.47. The van der Waals surface area contributed by atoms with Crippen LogP contribution in [0.15, 0.2) is 24.7 Å². The standard InChI is InChI=1S/C23H25F4N5O3/c1-22(2,3)35-21(34)32-11-12-4-5-15(12)18(32)19(33)29-7-13-6-17(28-10-16(13)24)14-8-30-20(31-9-14)23(25,26)27/h6,8-10,12,15,18H,4-5,7,11H2,1-3H3,(H,29,33)/t12?,15-,18-/m0/s1. The first kappa shape index (κ1) is 24.8. The van der Waals surface area contributed by atoms with Crippen LogP contribution in [-0.2, 0) is 22.3 Å². The number of amides is 2. The third kappa shape index (κ3) is 5.35. The second-order valence-corrected chi connectivity index (χ2v) is 9.75. The third-order valence-electron chi connectivity index (χ3n) is 6.13. The van der Waals surface area contributed by atoms with Gasteiger partial charge in [-0.15, -0.1) is 0 Å². The number of nitrogens with one attached hydrogen (secondary N) is 1. The molecular formula is C23H25F4N5O3. The molecule has 1 unspecified atom stereocenters. The lowest BCUT2D eigenvalue weighted by molar-refractivity contribution is -0.145. The fourth-order valence-corrected chi connectivity index (χ4v) is 4.35. The Balaban J connectivity index is 1.47. The van der Waals surface area contributed by atoms with Gasteiger partial charge in [0, 0.05) is 36.6 Å². The molecule has 2 aromatic rings. The molecule has 4 rings (SSSR count). The van der Waals surface area contributed by atoms with Crippen LogP contribution in [0.5, 0.6) is 0 Å². The Hall–Kier alpha value is -3.31. The fourth-order valence-electron chi connectivity index (χ4n) is 4.35. The van der Waals surface area contributed by atoms with Crippen molar-refractivity contribution in [2.75, 3.05) is 6.54 Å². The lowest BCUT2D eigenvalue weighted by Crippen LogP contribution is -2.50. The Kier molecular flexibility index (Phi) is 6.41. The highest BCUT2D eigenvalue weighted by Crippen LogP contribution is 2.45. The summed E-state index contributed by atoms with van der Waals surface area (Å²) in [5.74, 6) is -2.17. The number of nitrogens with zero attached hydrogens (tertiary/aromatic N) is 4. The Morgan fingerprint density at radius 2 is 1.80 bits per heavy atom. The van der Waals surface area contributed by atoms with Crippen molar-refractivity contribution >= 4 is 12.0 Å². The predicted molar refractivity (Wildman–Crippen MR) is 115 cm³/mol. The minimum absolute atomic E-state index is 0.0182. The zero-order chi connectivity index (χ0) is 25.5. The van der Waals surface area contributed by atoms with Gasteiger partial charge in [0.2, 0.25) is 11.7 Å². The lowest BCUT2D eigenvalue weighted by atomic mass is 9.73. The van der Waals surface area contributed by atoms with E-state index < -0.39 is 41.5 Å². The van der Waals surface area contributed by atoms with Gasteiger partial charge >= 0.3 is 12.3 Å². The van der Waals surface area contributed by atoms with Crippen LogP contribution in [0.4, 0.5) is 22.4 Å². The first-order valence-electron chi connectivity index (χ1n) is 11.1. The number of hydrogen-bond donors (Lipinski definition) is 1. The van der Waals surface area contributed by atoms with Crippen LogP contribution >= 0.6 is 0 Å². The molecule has 2 aliphatic rings. The van der Waals surface area contributed by atoms with Crippen molar-refractivity contribution in [2.45, 2.75) is 58.0 Å². The van der Waals surface area contributed by atoms with Crippen LogP contribution in [0.25, 0.3) is 11.3 Å². The quantitative estimate of drug-likeness (QED) is 0.645. The van der Waals surface area contributed by atoms with E-state index in [1.165, 1.54) is 11.0 Å². The van der Waals surface area contributed by atoms with Crippen molar-refractivity contribution in [3.05, 3.63) is 41.9 Å².